The minimum atomic E-state index is -0.418. The predicted molar refractivity (Wildman–Crippen MR) is 90.3 cm³/mol. The molecule has 2 heterocycles. The number of benzene rings is 1. The van der Waals surface area contributed by atoms with E-state index in [0.29, 0.717) is 24.4 Å². The average Bonchev–Trinajstić information content (AvgIpc) is 3.11. The van der Waals surface area contributed by atoms with E-state index >= 15 is 0 Å². The Balaban J connectivity index is 1.68. The zero-order chi connectivity index (χ0) is 16.4. The summed E-state index contributed by atoms with van der Waals surface area (Å²) in [6.07, 6.45) is 0.964. The van der Waals surface area contributed by atoms with Gasteiger partial charge in [-0.15, -0.1) is 11.3 Å². The number of hydrogen-bond acceptors (Lipinski definition) is 4. The number of amides is 2. The quantitative estimate of drug-likeness (QED) is 0.891. The maximum Gasteiger partial charge on any atom is 0.242 e. The third-order valence-electron chi connectivity index (χ3n) is 3.73. The number of carbonyl (C=O) groups is 2. The van der Waals surface area contributed by atoms with Gasteiger partial charge in [0.25, 0.3) is 0 Å². The van der Waals surface area contributed by atoms with Crippen molar-refractivity contribution in [1.29, 1.82) is 0 Å². The van der Waals surface area contributed by atoms with Crippen molar-refractivity contribution in [2.24, 2.45) is 0 Å². The Morgan fingerprint density at radius 3 is 2.96 bits per heavy atom. The molecule has 0 bridgehead atoms. The smallest absolute Gasteiger partial charge is 0.242 e. The van der Waals surface area contributed by atoms with Crippen LogP contribution in [-0.4, -0.2) is 22.8 Å². The van der Waals surface area contributed by atoms with Crippen LogP contribution in [0.5, 0.6) is 0 Å². The molecule has 0 saturated carbocycles. The van der Waals surface area contributed by atoms with Crippen LogP contribution in [0.3, 0.4) is 0 Å². The van der Waals surface area contributed by atoms with Crippen molar-refractivity contribution in [3.63, 3.8) is 0 Å². The van der Waals surface area contributed by atoms with Gasteiger partial charge in [0.05, 0.1) is 17.3 Å². The van der Waals surface area contributed by atoms with Gasteiger partial charge in [-0.2, -0.15) is 0 Å². The van der Waals surface area contributed by atoms with Crippen molar-refractivity contribution in [3.05, 3.63) is 39.9 Å². The van der Waals surface area contributed by atoms with Gasteiger partial charge in [-0.3, -0.25) is 9.59 Å². The van der Waals surface area contributed by atoms with Crippen LogP contribution >= 0.6 is 22.9 Å². The third-order valence-corrected chi connectivity index (χ3v) is 5.25. The fourth-order valence-corrected chi connectivity index (χ4v) is 3.77. The summed E-state index contributed by atoms with van der Waals surface area (Å²) in [4.78, 5) is 28.7. The zero-order valence-electron chi connectivity index (χ0n) is 12.6. The molecule has 1 saturated heterocycles. The lowest BCUT2D eigenvalue weighted by molar-refractivity contribution is -0.125. The van der Waals surface area contributed by atoms with Gasteiger partial charge in [0.15, 0.2) is 0 Å². The Morgan fingerprint density at radius 2 is 2.26 bits per heavy atom. The highest BCUT2D eigenvalue weighted by molar-refractivity contribution is 7.15. The van der Waals surface area contributed by atoms with E-state index < -0.39 is 6.04 Å². The highest BCUT2D eigenvalue weighted by Gasteiger charge is 2.27. The van der Waals surface area contributed by atoms with E-state index in [-0.39, 0.29) is 11.8 Å². The highest BCUT2D eigenvalue weighted by Crippen LogP contribution is 2.32. The molecule has 2 aromatic rings. The van der Waals surface area contributed by atoms with Crippen molar-refractivity contribution in [2.45, 2.75) is 32.4 Å². The number of nitrogens with one attached hydrogen (secondary N) is 2. The summed E-state index contributed by atoms with van der Waals surface area (Å²) in [6.45, 7) is 2.31. The maximum absolute atomic E-state index is 12.0. The number of aryl methyl sites for hydroxylation is 1. The second-order valence-corrected chi connectivity index (χ2v) is 6.87. The molecule has 0 aliphatic carbocycles. The Labute approximate surface area is 143 Å². The molecule has 1 aliphatic rings. The van der Waals surface area contributed by atoms with Crippen molar-refractivity contribution < 1.29 is 9.59 Å². The van der Waals surface area contributed by atoms with Crippen molar-refractivity contribution >= 4 is 34.8 Å². The largest absolute Gasteiger partial charge is 0.349 e. The molecule has 1 atom stereocenters. The molecular weight excluding hydrogens is 334 g/mol. The number of nitrogens with zero attached hydrogens (tertiary/aromatic N) is 1. The fourth-order valence-electron chi connectivity index (χ4n) is 2.44. The van der Waals surface area contributed by atoms with Gasteiger partial charge >= 0.3 is 0 Å². The van der Waals surface area contributed by atoms with Crippen LogP contribution in [0.2, 0.25) is 5.02 Å². The lowest BCUT2D eigenvalue weighted by Gasteiger charge is -2.10. The number of rotatable bonds is 4. The van der Waals surface area contributed by atoms with Gasteiger partial charge in [0, 0.05) is 16.9 Å². The molecular formula is C16H16ClN3O2S. The van der Waals surface area contributed by atoms with Gasteiger partial charge in [0.2, 0.25) is 11.8 Å². The molecule has 5 nitrogen and oxygen atoms in total. The topological polar surface area (TPSA) is 71.1 Å². The summed E-state index contributed by atoms with van der Waals surface area (Å²) in [5, 5.41) is 7.03. The molecule has 1 aromatic carbocycles. The van der Waals surface area contributed by atoms with Gasteiger partial charge in [0.1, 0.15) is 11.0 Å². The van der Waals surface area contributed by atoms with E-state index in [1.165, 1.54) is 11.3 Å². The monoisotopic (exact) mass is 349 g/mol. The molecule has 0 unspecified atom stereocenters. The Morgan fingerprint density at radius 1 is 1.48 bits per heavy atom. The van der Waals surface area contributed by atoms with E-state index in [4.69, 9.17) is 11.6 Å². The van der Waals surface area contributed by atoms with Crippen molar-refractivity contribution in [2.75, 3.05) is 0 Å². The van der Waals surface area contributed by atoms with Crippen molar-refractivity contribution in [3.8, 4) is 10.6 Å². The minimum Gasteiger partial charge on any atom is -0.349 e. The number of aromatic nitrogens is 1. The van der Waals surface area contributed by atoms with E-state index in [9.17, 15) is 9.59 Å². The van der Waals surface area contributed by atoms with Gasteiger partial charge in [-0.1, -0.05) is 29.8 Å². The highest BCUT2D eigenvalue weighted by atomic mass is 35.5. The van der Waals surface area contributed by atoms with Crippen LogP contribution in [0.25, 0.3) is 10.6 Å². The van der Waals surface area contributed by atoms with Gasteiger partial charge < -0.3 is 10.6 Å². The average molecular weight is 350 g/mol. The molecule has 1 aliphatic heterocycles. The summed E-state index contributed by atoms with van der Waals surface area (Å²) in [7, 11) is 0. The first-order chi connectivity index (χ1) is 11.0. The van der Waals surface area contributed by atoms with Crippen LogP contribution in [0, 0.1) is 6.92 Å². The van der Waals surface area contributed by atoms with E-state index in [0.717, 1.165) is 21.1 Å². The Kier molecular flexibility index (Phi) is 4.63. The van der Waals surface area contributed by atoms with E-state index in [1.807, 2.05) is 31.2 Å². The summed E-state index contributed by atoms with van der Waals surface area (Å²) in [5.74, 6) is -0.219. The number of thiazole rings is 1. The van der Waals surface area contributed by atoms with Crippen LogP contribution in [0.4, 0.5) is 0 Å². The number of carbonyl (C=O) groups excluding carboxylic acids is 2. The SMILES string of the molecule is Cc1nc(-c2ccccc2Cl)sc1CNC(=O)[C@@H]1CCC(=O)N1. The Hall–Kier alpha value is -1.92. The first kappa shape index (κ1) is 16.0. The second-order valence-electron chi connectivity index (χ2n) is 5.38. The standard InChI is InChI=1S/C16H16ClN3O2S/c1-9-13(8-18-15(22)12-6-7-14(21)20-12)23-16(19-9)10-4-2-3-5-11(10)17/h2-5,12H,6-8H2,1H3,(H,18,22)(H,20,21)/t12-/m0/s1. The summed E-state index contributed by atoms with van der Waals surface area (Å²) >= 11 is 7.72. The maximum atomic E-state index is 12.0. The third kappa shape index (κ3) is 3.54. The van der Waals surface area contributed by atoms with E-state index in [1.54, 1.807) is 0 Å². The Bertz CT molecular complexity index is 760. The molecule has 23 heavy (non-hydrogen) atoms. The predicted octanol–water partition coefficient (Wildman–Crippen LogP) is 2.67. The second kappa shape index (κ2) is 6.68. The molecule has 0 radical (unpaired) electrons. The molecule has 1 aromatic heterocycles. The van der Waals surface area contributed by atoms with Crippen molar-refractivity contribution in [1.82, 2.24) is 15.6 Å². The summed E-state index contributed by atoms with van der Waals surface area (Å²) in [5.41, 5.74) is 1.77. The molecule has 2 N–H and O–H groups in total. The van der Waals surface area contributed by atoms with Gasteiger partial charge in [-0.05, 0) is 19.4 Å². The van der Waals surface area contributed by atoms with E-state index in [2.05, 4.69) is 15.6 Å². The molecule has 3 rings (SSSR count). The fraction of sp³-hybridized carbons (Fsp3) is 0.312. The first-order valence-electron chi connectivity index (χ1n) is 7.33. The minimum absolute atomic E-state index is 0.0693. The molecule has 1 fully saturated rings. The summed E-state index contributed by atoms with van der Waals surface area (Å²) in [6, 6.07) is 7.14. The molecule has 0 spiro atoms. The van der Waals surface area contributed by atoms with Gasteiger partial charge in [-0.25, -0.2) is 4.98 Å². The molecule has 2 amide bonds. The first-order valence-corrected chi connectivity index (χ1v) is 8.52. The normalized spacial score (nSPS) is 17.1. The van der Waals surface area contributed by atoms with Crippen LogP contribution in [0.15, 0.2) is 24.3 Å². The molecule has 7 heteroatoms. The zero-order valence-corrected chi connectivity index (χ0v) is 14.1. The number of halogens is 1. The van der Waals surface area contributed by atoms with Crippen LogP contribution in [-0.2, 0) is 16.1 Å². The van der Waals surface area contributed by atoms with Crippen LogP contribution in [0.1, 0.15) is 23.4 Å². The lowest BCUT2D eigenvalue weighted by atomic mass is 10.2. The lowest BCUT2D eigenvalue weighted by Crippen LogP contribution is -2.41. The molecule has 120 valence electrons. The van der Waals surface area contributed by atoms with Crippen LogP contribution < -0.4 is 10.6 Å². The number of hydrogen-bond donors (Lipinski definition) is 2. The summed E-state index contributed by atoms with van der Waals surface area (Å²) < 4.78 is 0.